The van der Waals surface area contributed by atoms with Crippen LogP contribution in [0.2, 0.25) is 20.1 Å². The monoisotopic (exact) mass is 1390 g/mol. The third kappa shape index (κ3) is 16.7. The predicted molar refractivity (Wildman–Crippen MR) is 369 cm³/mol. The van der Waals surface area contributed by atoms with Gasteiger partial charge in [0, 0.05) is 74.4 Å². The number of allylic oxidation sites excluding steroid dienone is 4. The van der Waals surface area contributed by atoms with Crippen LogP contribution in [0.25, 0.3) is 0 Å². The maximum atomic E-state index is 14.2. The number of carbonyl (C=O) groups is 6. The summed E-state index contributed by atoms with van der Waals surface area (Å²) < 4.78 is 35.3. The summed E-state index contributed by atoms with van der Waals surface area (Å²) in [7, 11) is 0. The number of nitrogens with zero attached hydrogens (tertiary/aromatic N) is 6. The van der Waals surface area contributed by atoms with Crippen molar-refractivity contribution in [3.63, 3.8) is 0 Å². The lowest BCUT2D eigenvalue weighted by molar-refractivity contribution is -0.146. The summed E-state index contributed by atoms with van der Waals surface area (Å²) in [6, 6.07) is 17.1. The molecule has 4 aromatic carbocycles. The SMILES string of the molecule is CCOc1ccc(C2=NN(C3CCN(C(=O)CNCC(OC(=O)/C=C/C(=O)OC(CNCC(=O)N4CCC(N5N=C(c6ccc(OCC)c(OCC)c6)[C@H]6CC=CC[C@H]6C5=O)CC4)c4cc(Cl)c(N)c(Cl)c4)c4cc(Cl)c(N)c(Cl)c4)CC3)C(=O)[C@@H]3CC=CC[C@H]23)cc1OCC. The van der Waals surface area contributed by atoms with Crippen molar-refractivity contribution in [3.05, 3.63) is 139 Å². The van der Waals surface area contributed by atoms with Crippen LogP contribution in [-0.4, -0.2) is 158 Å². The molecule has 512 valence electrons. The highest BCUT2D eigenvalue weighted by atomic mass is 35.5. The minimum atomic E-state index is -1.09. The third-order valence-corrected chi connectivity index (χ3v) is 19.4. The van der Waals surface area contributed by atoms with Gasteiger partial charge in [0.25, 0.3) is 0 Å². The van der Waals surface area contributed by atoms with E-state index >= 15 is 0 Å². The lowest BCUT2D eigenvalue weighted by Gasteiger charge is -2.42. The molecule has 2 unspecified atom stereocenters. The van der Waals surface area contributed by atoms with Gasteiger partial charge in [0.1, 0.15) is 12.2 Å². The number of likely N-dealkylation sites (tertiary alicyclic amines) is 2. The number of carbonyl (C=O) groups excluding carboxylic acids is 6. The number of nitrogens with two attached hydrogens (primary N) is 2. The van der Waals surface area contributed by atoms with Gasteiger partial charge in [0.2, 0.25) is 23.6 Å². The average molecular weight is 1400 g/mol. The fourth-order valence-corrected chi connectivity index (χ4v) is 14.2. The van der Waals surface area contributed by atoms with Crippen LogP contribution < -0.4 is 41.0 Å². The molecule has 2 fully saturated rings. The van der Waals surface area contributed by atoms with Gasteiger partial charge in [0.15, 0.2) is 23.0 Å². The van der Waals surface area contributed by atoms with E-state index in [4.69, 9.17) is 96.5 Å². The zero-order valence-electron chi connectivity index (χ0n) is 54.2. The van der Waals surface area contributed by atoms with Gasteiger partial charge >= 0.3 is 11.9 Å². The average Bonchev–Trinajstić information content (AvgIpc) is 0.786. The van der Waals surface area contributed by atoms with E-state index in [0.717, 1.165) is 34.7 Å². The second-order valence-electron chi connectivity index (χ2n) is 24.2. The summed E-state index contributed by atoms with van der Waals surface area (Å²) in [6.45, 7) is 10.5. The third-order valence-electron chi connectivity index (χ3n) is 18.1. The number of hydrogen-bond donors (Lipinski definition) is 4. The van der Waals surface area contributed by atoms with Gasteiger partial charge < -0.3 is 60.3 Å². The quantitative estimate of drug-likeness (QED) is 0.0197. The molecule has 96 heavy (non-hydrogen) atoms. The molecule has 4 amide bonds. The lowest BCUT2D eigenvalue weighted by Crippen LogP contribution is -2.53. The molecular formula is C70H82Cl4N10O12. The Balaban J connectivity index is 0.739. The van der Waals surface area contributed by atoms with Crippen molar-refractivity contribution >= 4 is 105 Å². The highest BCUT2D eigenvalue weighted by Gasteiger charge is 2.45. The number of anilines is 2. The first-order chi connectivity index (χ1) is 46.4. The van der Waals surface area contributed by atoms with Crippen LogP contribution in [0.5, 0.6) is 23.0 Å². The van der Waals surface area contributed by atoms with Crippen molar-refractivity contribution < 1.29 is 57.2 Å². The van der Waals surface area contributed by atoms with E-state index < -0.39 is 24.1 Å². The molecule has 6 N–H and O–H groups in total. The Hall–Kier alpha value is -7.86. The van der Waals surface area contributed by atoms with Crippen LogP contribution in [0.15, 0.2) is 107 Å². The number of ether oxygens (including phenoxy) is 6. The molecule has 26 heteroatoms. The fourth-order valence-electron chi connectivity index (χ4n) is 13.2. The standard InChI is InChI=1S/C70H82Cl4N10O12/c1-5-91-55-19-17-41(35-57(55)93-7-3)67-47-13-9-11-15-49(47)69(89)83(79-67)45-23-27-81(28-24-45)61(85)39-77-37-59(43-31-51(71)65(75)52(72)32-43)95-63(87)21-22-64(88)96-60(44-33-53(73)66(76)54(74)34-44)38-78-40-62(86)82-29-25-46(26-30-82)84-70(90)50-16-12-10-14-48(50)68(80-84)42-18-20-56(92-6-2)58(36-42)94-8-4/h9-12,17-22,31-36,45-50,59-60,77-78H,5-8,13-16,23-30,37-40,75-76H2,1-4H3/b22-21+/t47-,48-,49+,50+,59?,60?/m0/s1. The minimum absolute atomic E-state index is 0.0274. The Kier molecular flexibility index (Phi) is 24.3. The first kappa shape index (κ1) is 70.9. The Bertz CT molecular complexity index is 3420. The normalized spacial score (nSPS) is 20.5. The molecule has 0 saturated carbocycles. The zero-order chi connectivity index (χ0) is 68.2. The van der Waals surface area contributed by atoms with E-state index in [1.54, 1.807) is 19.8 Å². The highest BCUT2D eigenvalue weighted by Crippen LogP contribution is 2.42. The van der Waals surface area contributed by atoms with Crippen LogP contribution in [0.1, 0.15) is 114 Å². The Morgan fingerprint density at radius 2 is 0.844 bits per heavy atom. The Labute approximate surface area is 579 Å². The second-order valence-corrected chi connectivity index (χ2v) is 25.8. The van der Waals surface area contributed by atoms with E-state index in [-0.39, 0.29) is 117 Å². The van der Waals surface area contributed by atoms with Crippen molar-refractivity contribution in [1.82, 2.24) is 30.5 Å². The second kappa shape index (κ2) is 32.9. The summed E-state index contributed by atoms with van der Waals surface area (Å²) >= 11 is 25.8. The van der Waals surface area contributed by atoms with Crippen LogP contribution in [0, 0.1) is 23.7 Å². The first-order valence-corrected chi connectivity index (χ1v) is 34.4. The lowest BCUT2D eigenvalue weighted by atomic mass is 9.76. The van der Waals surface area contributed by atoms with Gasteiger partial charge in [-0.05, 0) is 151 Å². The minimum Gasteiger partial charge on any atom is -0.490 e. The number of esters is 2. The number of hydrazone groups is 2. The van der Waals surface area contributed by atoms with E-state index in [2.05, 4.69) is 34.9 Å². The summed E-state index contributed by atoms with van der Waals surface area (Å²) in [5.41, 5.74) is 16.4. The molecule has 0 spiro atoms. The summed E-state index contributed by atoms with van der Waals surface area (Å²) in [5, 5.41) is 20.0. The molecule has 4 aliphatic heterocycles. The maximum Gasteiger partial charge on any atom is 0.331 e. The van der Waals surface area contributed by atoms with Crippen LogP contribution >= 0.6 is 46.4 Å². The molecular weight excluding hydrogens is 1310 g/mol. The molecule has 0 aromatic heterocycles. The summed E-state index contributed by atoms with van der Waals surface area (Å²) in [5.74, 6) is -0.647. The smallest absolute Gasteiger partial charge is 0.331 e. The number of halogens is 4. The molecule has 0 radical (unpaired) electrons. The molecule has 10 rings (SSSR count). The van der Waals surface area contributed by atoms with E-state index in [1.807, 2.05) is 64.1 Å². The number of piperidine rings is 2. The number of rotatable bonds is 26. The first-order valence-electron chi connectivity index (χ1n) is 32.9. The number of benzene rings is 4. The van der Waals surface area contributed by atoms with Crippen molar-refractivity contribution in [2.45, 2.75) is 103 Å². The number of amides is 4. The molecule has 0 bridgehead atoms. The van der Waals surface area contributed by atoms with Gasteiger partial charge in [-0.2, -0.15) is 10.2 Å². The number of nitrogens with one attached hydrogen (secondary N) is 2. The fraction of sp³-hybridized carbons (Fsp3) is 0.457. The maximum absolute atomic E-state index is 14.2. The number of hydrogen-bond acceptors (Lipinski definition) is 18. The molecule has 2 aliphatic carbocycles. The molecule has 6 aliphatic rings. The van der Waals surface area contributed by atoms with Gasteiger partial charge in [-0.1, -0.05) is 70.7 Å². The summed E-state index contributed by atoms with van der Waals surface area (Å²) in [4.78, 5) is 86.7. The number of nitrogen functional groups attached to an aromatic ring is 2. The largest absolute Gasteiger partial charge is 0.490 e. The van der Waals surface area contributed by atoms with Crippen molar-refractivity contribution in [2.75, 3.05) is 90.3 Å². The topological polar surface area (TPSA) is 272 Å². The summed E-state index contributed by atoms with van der Waals surface area (Å²) in [6.07, 6.45) is 12.5. The highest BCUT2D eigenvalue weighted by molar-refractivity contribution is 6.39. The van der Waals surface area contributed by atoms with Crippen molar-refractivity contribution in [3.8, 4) is 23.0 Å². The molecule has 22 nitrogen and oxygen atoms in total. The zero-order valence-corrected chi connectivity index (χ0v) is 57.3. The molecule has 6 atom stereocenters. The van der Waals surface area contributed by atoms with E-state index in [9.17, 15) is 28.8 Å². The Morgan fingerprint density at radius 1 is 0.510 bits per heavy atom. The van der Waals surface area contributed by atoms with Crippen LogP contribution in [0.4, 0.5) is 11.4 Å². The van der Waals surface area contributed by atoms with E-state index in [1.165, 1.54) is 24.3 Å². The molecule has 4 aromatic rings. The van der Waals surface area contributed by atoms with Gasteiger partial charge in [-0.25, -0.2) is 19.6 Å². The molecule has 2 saturated heterocycles. The number of fused-ring (bicyclic) bond motifs is 2. The van der Waals surface area contributed by atoms with Crippen LogP contribution in [-0.2, 0) is 38.2 Å². The van der Waals surface area contributed by atoms with Crippen molar-refractivity contribution in [1.29, 1.82) is 0 Å². The van der Waals surface area contributed by atoms with Crippen molar-refractivity contribution in [2.24, 2.45) is 33.9 Å². The van der Waals surface area contributed by atoms with E-state index in [0.29, 0.717) is 138 Å². The Morgan fingerprint density at radius 3 is 1.19 bits per heavy atom. The van der Waals surface area contributed by atoms with Gasteiger partial charge in [0.05, 0.1) is 106 Å². The molecule has 4 heterocycles. The van der Waals surface area contributed by atoms with Crippen LogP contribution in [0.3, 0.4) is 0 Å². The van der Waals surface area contributed by atoms with Gasteiger partial charge in [-0.15, -0.1) is 0 Å². The predicted octanol–water partition coefficient (Wildman–Crippen LogP) is 10.3. The van der Waals surface area contributed by atoms with Gasteiger partial charge in [-0.3, -0.25) is 19.2 Å².